The number of hydrogen-bond acceptors (Lipinski definition) is 2. The van der Waals surface area contributed by atoms with Crippen molar-refractivity contribution in [3.8, 4) is 0 Å². The lowest BCUT2D eigenvalue weighted by Crippen LogP contribution is -2.37. The minimum atomic E-state index is 0.220. The first-order valence-electron chi connectivity index (χ1n) is 4.51. The molecule has 0 spiro atoms. The Morgan fingerprint density at radius 2 is 2.25 bits per heavy atom. The molecule has 2 heterocycles. The zero-order valence-electron chi connectivity index (χ0n) is 7.49. The SMILES string of the molecule is [CH2-]N1CC2CCN(C(C)=O)C2C1. The Labute approximate surface area is 73.3 Å². The number of likely N-dealkylation sites (tertiary alicyclic amines) is 2. The molecule has 0 bridgehead atoms. The van der Waals surface area contributed by atoms with Crippen LogP contribution in [0.2, 0.25) is 0 Å². The molecule has 12 heavy (non-hydrogen) atoms. The third kappa shape index (κ3) is 1.12. The fourth-order valence-electron chi connectivity index (χ4n) is 2.44. The fourth-order valence-corrected chi connectivity index (χ4v) is 2.44. The molecule has 2 fully saturated rings. The van der Waals surface area contributed by atoms with Crippen LogP contribution in [0.5, 0.6) is 0 Å². The Morgan fingerprint density at radius 3 is 2.92 bits per heavy atom. The molecule has 2 saturated heterocycles. The second-order valence-electron chi connectivity index (χ2n) is 3.86. The van der Waals surface area contributed by atoms with Gasteiger partial charge in [0, 0.05) is 19.5 Å². The molecule has 0 aliphatic carbocycles. The first kappa shape index (κ1) is 8.05. The van der Waals surface area contributed by atoms with Gasteiger partial charge in [0.1, 0.15) is 0 Å². The van der Waals surface area contributed by atoms with Crippen molar-refractivity contribution in [3.63, 3.8) is 0 Å². The molecule has 2 aliphatic heterocycles. The number of hydrogen-bond donors (Lipinski definition) is 0. The van der Waals surface area contributed by atoms with Gasteiger partial charge >= 0.3 is 0 Å². The molecule has 0 saturated carbocycles. The molecule has 2 rings (SSSR count). The van der Waals surface area contributed by atoms with E-state index < -0.39 is 0 Å². The van der Waals surface area contributed by atoms with Gasteiger partial charge in [-0.25, -0.2) is 0 Å². The Bertz CT molecular complexity index is 205. The summed E-state index contributed by atoms with van der Waals surface area (Å²) < 4.78 is 0. The molecule has 3 nitrogen and oxygen atoms in total. The first-order chi connectivity index (χ1) is 5.68. The number of nitrogens with zero attached hydrogens (tertiary/aromatic N) is 2. The van der Waals surface area contributed by atoms with Gasteiger partial charge in [0.2, 0.25) is 5.91 Å². The van der Waals surface area contributed by atoms with Gasteiger partial charge in [-0.05, 0) is 25.4 Å². The second kappa shape index (κ2) is 2.73. The van der Waals surface area contributed by atoms with Crippen molar-refractivity contribution in [2.45, 2.75) is 19.4 Å². The Morgan fingerprint density at radius 1 is 1.50 bits per heavy atom. The van der Waals surface area contributed by atoms with E-state index in [4.69, 9.17) is 0 Å². The van der Waals surface area contributed by atoms with E-state index in [1.165, 1.54) is 0 Å². The molecular formula is C9H15N2O-. The standard InChI is InChI=1S/C9H15N2O/c1-7(12)11-4-3-8-5-10(2)6-9(8)11/h8-9H,2-6H2,1H3/q-1. The second-order valence-corrected chi connectivity index (χ2v) is 3.86. The number of fused-ring (bicyclic) bond motifs is 1. The molecule has 0 aromatic rings. The normalized spacial score (nSPS) is 35.7. The molecule has 1 amide bonds. The quantitative estimate of drug-likeness (QED) is 0.485. The first-order valence-corrected chi connectivity index (χ1v) is 4.51. The van der Waals surface area contributed by atoms with E-state index in [-0.39, 0.29) is 5.91 Å². The summed E-state index contributed by atoms with van der Waals surface area (Å²) in [6, 6.07) is 0.458. The van der Waals surface area contributed by atoms with E-state index in [1.807, 2.05) is 4.90 Å². The molecule has 0 N–H and O–H groups in total. The lowest BCUT2D eigenvalue weighted by atomic mass is 10.1. The number of amides is 1. The van der Waals surface area contributed by atoms with Crippen molar-refractivity contribution < 1.29 is 4.79 Å². The van der Waals surface area contributed by atoms with Crippen LogP contribution in [0.25, 0.3) is 0 Å². The van der Waals surface area contributed by atoms with E-state index >= 15 is 0 Å². The highest BCUT2D eigenvalue weighted by Gasteiger charge is 2.39. The van der Waals surface area contributed by atoms with Crippen molar-refractivity contribution >= 4 is 5.91 Å². The third-order valence-electron chi connectivity index (χ3n) is 3.03. The van der Waals surface area contributed by atoms with Crippen LogP contribution in [0.15, 0.2) is 0 Å². The molecule has 0 radical (unpaired) electrons. The van der Waals surface area contributed by atoms with E-state index in [2.05, 4.69) is 11.9 Å². The minimum absolute atomic E-state index is 0.220. The van der Waals surface area contributed by atoms with Gasteiger partial charge in [0.15, 0.2) is 0 Å². The van der Waals surface area contributed by atoms with Crippen LogP contribution in [-0.4, -0.2) is 41.4 Å². The summed E-state index contributed by atoms with van der Waals surface area (Å²) in [6.45, 7) is 4.64. The van der Waals surface area contributed by atoms with Gasteiger partial charge in [-0.15, -0.1) is 0 Å². The predicted octanol–water partition coefficient (Wildman–Crippen LogP) is 0.331. The summed E-state index contributed by atoms with van der Waals surface area (Å²) in [7, 11) is 3.91. The van der Waals surface area contributed by atoms with Gasteiger partial charge in [-0.1, -0.05) is 0 Å². The van der Waals surface area contributed by atoms with E-state index in [9.17, 15) is 4.79 Å². The molecular weight excluding hydrogens is 152 g/mol. The minimum Gasteiger partial charge on any atom is -0.457 e. The lowest BCUT2D eigenvalue weighted by Gasteiger charge is -2.24. The van der Waals surface area contributed by atoms with Crippen LogP contribution in [0.4, 0.5) is 0 Å². The summed E-state index contributed by atoms with van der Waals surface area (Å²) in [5.41, 5.74) is 0. The van der Waals surface area contributed by atoms with Crippen LogP contribution in [0, 0.1) is 13.0 Å². The molecule has 0 aromatic heterocycles. The molecule has 2 atom stereocenters. The van der Waals surface area contributed by atoms with Gasteiger partial charge in [0.05, 0.1) is 0 Å². The third-order valence-corrected chi connectivity index (χ3v) is 3.03. The molecule has 0 aromatic carbocycles. The maximum Gasteiger partial charge on any atom is 0.219 e. The van der Waals surface area contributed by atoms with Gasteiger partial charge in [-0.3, -0.25) is 11.8 Å². The highest BCUT2D eigenvalue weighted by atomic mass is 16.2. The zero-order valence-corrected chi connectivity index (χ0v) is 7.49. The molecule has 2 aliphatic rings. The smallest absolute Gasteiger partial charge is 0.219 e. The largest absolute Gasteiger partial charge is 0.457 e. The highest BCUT2D eigenvalue weighted by molar-refractivity contribution is 5.74. The summed E-state index contributed by atoms with van der Waals surface area (Å²) in [5, 5.41) is 0. The Kier molecular flexibility index (Phi) is 1.83. The van der Waals surface area contributed by atoms with Crippen LogP contribution in [-0.2, 0) is 4.79 Å². The monoisotopic (exact) mass is 167 g/mol. The topological polar surface area (TPSA) is 23.6 Å². The molecule has 2 unspecified atom stereocenters. The summed E-state index contributed by atoms with van der Waals surface area (Å²) in [6.07, 6.45) is 1.16. The van der Waals surface area contributed by atoms with Crippen LogP contribution in [0.3, 0.4) is 0 Å². The Balaban J connectivity index is 2.08. The van der Waals surface area contributed by atoms with E-state index in [1.54, 1.807) is 6.92 Å². The molecule has 68 valence electrons. The summed E-state index contributed by atoms with van der Waals surface area (Å²) in [5.74, 6) is 0.907. The maximum absolute atomic E-state index is 11.2. The van der Waals surface area contributed by atoms with Gasteiger partial charge in [-0.2, -0.15) is 0 Å². The van der Waals surface area contributed by atoms with Crippen molar-refractivity contribution in [1.82, 2.24) is 9.80 Å². The Hall–Kier alpha value is -0.570. The summed E-state index contributed by atoms with van der Waals surface area (Å²) >= 11 is 0. The highest BCUT2D eigenvalue weighted by Crippen LogP contribution is 2.30. The van der Waals surface area contributed by atoms with Crippen molar-refractivity contribution in [2.24, 2.45) is 5.92 Å². The van der Waals surface area contributed by atoms with Crippen LogP contribution in [0.1, 0.15) is 13.3 Å². The molecule has 3 heteroatoms. The summed E-state index contributed by atoms with van der Waals surface area (Å²) in [4.78, 5) is 15.3. The predicted molar refractivity (Wildman–Crippen MR) is 46.2 cm³/mol. The van der Waals surface area contributed by atoms with Crippen molar-refractivity contribution in [1.29, 1.82) is 0 Å². The van der Waals surface area contributed by atoms with Crippen molar-refractivity contribution in [2.75, 3.05) is 19.6 Å². The average Bonchev–Trinajstić information content (AvgIpc) is 2.43. The van der Waals surface area contributed by atoms with Crippen LogP contribution >= 0.6 is 0 Å². The van der Waals surface area contributed by atoms with Crippen LogP contribution < -0.4 is 0 Å². The number of carbonyl (C=O) groups is 1. The van der Waals surface area contributed by atoms with Crippen molar-refractivity contribution in [3.05, 3.63) is 7.05 Å². The van der Waals surface area contributed by atoms with Gasteiger partial charge < -0.3 is 9.80 Å². The van der Waals surface area contributed by atoms with Gasteiger partial charge in [0.25, 0.3) is 0 Å². The fraction of sp³-hybridized carbons (Fsp3) is 0.778. The lowest BCUT2D eigenvalue weighted by molar-refractivity contribution is -0.129. The average molecular weight is 167 g/mol. The van der Waals surface area contributed by atoms with E-state index in [0.29, 0.717) is 12.0 Å². The maximum atomic E-state index is 11.2. The number of carbonyl (C=O) groups excluding carboxylic acids is 1. The number of rotatable bonds is 0. The zero-order chi connectivity index (χ0) is 8.72. The van der Waals surface area contributed by atoms with E-state index in [0.717, 1.165) is 26.1 Å².